The van der Waals surface area contributed by atoms with Crippen LogP contribution in [0.5, 0.6) is 0 Å². The van der Waals surface area contributed by atoms with Crippen molar-refractivity contribution < 1.29 is 9.90 Å². The summed E-state index contributed by atoms with van der Waals surface area (Å²) in [6.07, 6.45) is 2.85. The van der Waals surface area contributed by atoms with Gasteiger partial charge in [-0.05, 0) is 12.1 Å². The van der Waals surface area contributed by atoms with Crippen molar-refractivity contribution in [2.24, 2.45) is 5.29 Å². The lowest BCUT2D eigenvalue weighted by atomic mass is 10.2. The number of hydrogen-bond acceptors (Lipinski definition) is 5. The number of aromatic nitrogens is 1. The molecule has 0 unspecified atom stereocenters. The zero-order chi connectivity index (χ0) is 10.4. The lowest BCUT2D eigenvalue weighted by Gasteiger charge is -2.10. The Morgan fingerprint density at radius 3 is 2.93 bits per heavy atom. The molecular weight excluding hydrogens is 186 g/mol. The van der Waals surface area contributed by atoms with Crippen molar-refractivity contribution in [3.8, 4) is 0 Å². The Labute approximate surface area is 80.1 Å². The second kappa shape index (κ2) is 5.03. The van der Waals surface area contributed by atoms with Gasteiger partial charge in [0.05, 0.1) is 24.0 Å². The van der Waals surface area contributed by atoms with Crippen molar-refractivity contribution in [1.82, 2.24) is 9.99 Å². The highest BCUT2D eigenvalue weighted by Crippen LogP contribution is 2.02. The Bertz CT molecular complexity index is 315. The molecule has 0 atom stereocenters. The number of amides is 1. The summed E-state index contributed by atoms with van der Waals surface area (Å²) >= 11 is 0. The van der Waals surface area contributed by atoms with Crippen LogP contribution in [0, 0.1) is 4.91 Å². The molecule has 1 aromatic heterocycles. The molecule has 0 aliphatic heterocycles. The smallest absolute Gasteiger partial charge is 0.278 e. The molecule has 0 saturated carbocycles. The molecule has 0 aliphatic carbocycles. The van der Waals surface area contributed by atoms with E-state index in [-0.39, 0.29) is 18.7 Å². The fourth-order valence-corrected chi connectivity index (χ4v) is 0.912. The maximum atomic E-state index is 11.4. The monoisotopic (exact) mass is 195 g/mol. The van der Waals surface area contributed by atoms with Gasteiger partial charge in [0.1, 0.15) is 0 Å². The molecule has 1 N–H and O–H groups in total. The molecule has 1 heterocycles. The van der Waals surface area contributed by atoms with Crippen LogP contribution >= 0.6 is 0 Å². The van der Waals surface area contributed by atoms with Crippen LogP contribution in [-0.2, 0) is 0 Å². The third kappa shape index (κ3) is 2.33. The molecule has 1 amide bonds. The average Bonchev–Trinajstić information content (AvgIpc) is 2.26. The van der Waals surface area contributed by atoms with Crippen molar-refractivity contribution in [1.29, 1.82) is 0 Å². The first-order valence-electron chi connectivity index (χ1n) is 3.95. The van der Waals surface area contributed by atoms with Crippen LogP contribution in [0.4, 0.5) is 0 Å². The van der Waals surface area contributed by atoms with Crippen LogP contribution in [0.2, 0.25) is 0 Å². The Morgan fingerprint density at radius 2 is 2.43 bits per heavy atom. The average molecular weight is 195 g/mol. The van der Waals surface area contributed by atoms with Gasteiger partial charge < -0.3 is 5.11 Å². The van der Waals surface area contributed by atoms with Crippen molar-refractivity contribution in [3.63, 3.8) is 0 Å². The number of pyridine rings is 1. The highest BCUT2D eigenvalue weighted by molar-refractivity contribution is 5.93. The summed E-state index contributed by atoms with van der Waals surface area (Å²) in [6.45, 7) is -0.422. The molecule has 6 heteroatoms. The molecule has 0 spiro atoms. The molecule has 0 bridgehead atoms. The van der Waals surface area contributed by atoms with Crippen molar-refractivity contribution in [3.05, 3.63) is 35.0 Å². The van der Waals surface area contributed by atoms with Crippen LogP contribution in [0.25, 0.3) is 0 Å². The lowest BCUT2D eigenvalue weighted by molar-refractivity contribution is 0.0723. The van der Waals surface area contributed by atoms with Gasteiger partial charge in [0.15, 0.2) is 0 Å². The first-order chi connectivity index (χ1) is 6.79. The third-order valence-electron chi connectivity index (χ3n) is 1.55. The molecule has 0 radical (unpaired) electrons. The molecule has 0 aliphatic rings. The predicted octanol–water partition coefficient (Wildman–Crippen LogP) is 0.197. The Hall–Kier alpha value is -1.82. The summed E-state index contributed by atoms with van der Waals surface area (Å²) in [5.41, 5.74) is 0.264. The summed E-state index contributed by atoms with van der Waals surface area (Å²) in [4.78, 5) is 25.4. The van der Waals surface area contributed by atoms with E-state index in [2.05, 4.69) is 10.3 Å². The fraction of sp³-hybridized carbons (Fsp3) is 0.250. The van der Waals surface area contributed by atoms with Gasteiger partial charge in [-0.1, -0.05) is 0 Å². The largest absolute Gasteiger partial charge is 0.394 e. The minimum atomic E-state index is -0.567. The second-order valence-corrected chi connectivity index (χ2v) is 2.48. The van der Waals surface area contributed by atoms with Crippen molar-refractivity contribution >= 4 is 5.91 Å². The number of carbonyl (C=O) groups excluding carboxylic acids is 1. The van der Waals surface area contributed by atoms with Gasteiger partial charge in [0.2, 0.25) is 0 Å². The highest BCUT2D eigenvalue weighted by Gasteiger charge is 2.15. The molecule has 6 nitrogen and oxygen atoms in total. The number of hydrogen-bond donors (Lipinski definition) is 1. The van der Waals surface area contributed by atoms with Gasteiger partial charge in [-0.3, -0.25) is 9.78 Å². The first kappa shape index (κ1) is 10.3. The maximum absolute atomic E-state index is 11.4. The van der Waals surface area contributed by atoms with E-state index in [1.54, 1.807) is 6.07 Å². The van der Waals surface area contributed by atoms with Crippen LogP contribution < -0.4 is 0 Å². The Balaban J connectivity index is 2.78. The number of carbonyl (C=O) groups is 1. The molecule has 74 valence electrons. The van der Waals surface area contributed by atoms with Crippen molar-refractivity contribution in [2.75, 3.05) is 13.2 Å². The number of aliphatic hydroxyl groups is 1. The SMILES string of the molecule is O=NN(CCO)C(=O)c1cccnc1. The molecule has 1 rings (SSSR count). The van der Waals surface area contributed by atoms with Crippen LogP contribution in [0.1, 0.15) is 10.4 Å². The molecule has 0 saturated heterocycles. The fourth-order valence-electron chi connectivity index (χ4n) is 0.912. The topological polar surface area (TPSA) is 82.9 Å². The molecule has 0 fully saturated rings. The zero-order valence-electron chi connectivity index (χ0n) is 7.33. The third-order valence-corrected chi connectivity index (χ3v) is 1.55. The van der Waals surface area contributed by atoms with E-state index in [1.807, 2.05) is 0 Å². The lowest BCUT2D eigenvalue weighted by Crippen LogP contribution is -2.28. The summed E-state index contributed by atoms with van der Waals surface area (Å²) in [5, 5.41) is 11.7. The predicted molar refractivity (Wildman–Crippen MR) is 48.2 cm³/mol. The minimum absolute atomic E-state index is 0.114. The van der Waals surface area contributed by atoms with E-state index in [9.17, 15) is 9.70 Å². The van der Waals surface area contributed by atoms with E-state index < -0.39 is 5.91 Å². The quantitative estimate of drug-likeness (QED) is 0.549. The van der Waals surface area contributed by atoms with Crippen LogP contribution in [0.3, 0.4) is 0 Å². The summed E-state index contributed by atoms with van der Waals surface area (Å²) in [7, 11) is 0. The van der Waals surface area contributed by atoms with Gasteiger partial charge in [0, 0.05) is 12.4 Å². The highest BCUT2D eigenvalue weighted by atomic mass is 16.3. The Morgan fingerprint density at radius 1 is 1.64 bits per heavy atom. The van der Waals surface area contributed by atoms with Crippen LogP contribution in [-0.4, -0.2) is 34.2 Å². The minimum Gasteiger partial charge on any atom is -0.394 e. The summed E-state index contributed by atoms with van der Waals surface area (Å²) in [5.74, 6) is -0.567. The number of nitroso groups, excluding NO2 is 1. The van der Waals surface area contributed by atoms with Gasteiger partial charge >= 0.3 is 0 Å². The van der Waals surface area contributed by atoms with E-state index in [0.717, 1.165) is 0 Å². The number of nitrogens with zero attached hydrogens (tertiary/aromatic N) is 3. The summed E-state index contributed by atoms with van der Waals surface area (Å²) < 4.78 is 0. The summed E-state index contributed by atoms with van der Waals surface area (Å²) in [6, 6.07) is 3.10. The standard InChI is InChI=1S/C8H9N3O3/c12-5-4-11(10-14)8(13)7-2-1-3-9-6-7/h1-3,6,12H,4-5H2. The van der Waals surface area contributed by atoms with Gasteiger partial charge in [-0.25, -0.2) is 0 Å². The first-order valence-corrected chi connectivity index (χ1v) is 3.95. The molecule has 0 aromatic carbocycles. The maximum Gasteiger partial charge on any atom is 0.278 e. The van der Waals surface area contributed by atoms with Gasteiger partial charge in [-0.15, -0.1) is 4.91 Å². The van der Waals surface area contributed by atoms with E-state index in [0.29, 0.717) is 5.01 Å². The molecular formula is C8H9N3O3. The number of aliphatic hydroxyl groups excluding tert-OH is 1. The molecule has 1 aromatic rings. The van der Waals surface area contributed by atoms with E-state index >= 15 is 0 Å². The second-order valence-electron chi connectivity index (χ2n) is 2.48. The van der Waals surface area contributed by atoms with Gasteiger partial charge in [-0.2, -0.15) is 5.01 Å². The molecule has 14 heavy (non-hydrogen) atoms. The normalized spacial score (nSPS) is 9.50. The number of rotatable bonds is 4. The van der Waals surface area contributed by atoms with E-state index in [4.69, 9.17) is 5.11 Å². The van der Waals surface area contributed by atoms with E-state index in [1.165, 1.54) is 18.5 Å². The zero-order valence-corrected chi connectivity index (χ0v) is 7.33. The van der Waals surface area contributed by atoms with Gasteiger partial charge in [0.25, 0.3) is 5.91 Å². The Kier molecular flexibility index (Phi) is 3.69. The van der Waals surface area contributed by atoms with Crippen molar-refractivity contribution in [2.45, 2.75) is 0 Å². The van der Waals surface area contributed by atoms with Crippen LogP contribution in [0.15, 0.2) is 29.8 Å².